The fourth-order valence-corrected chi connectivity index (χ4v) is 5.47. The molecule has 2 aromatic heterocycles. The largest absolute Gasteiger partial charge is 0.390 e. The second kappa shape index (κ2) is 10.6. The number of hydrogen-bond acceptors (Lipinski definition) is 8. The molecule has 0 saturated carbocycles. The number of hydrogen-bond donors (Lipinski definition) is 3. The summed E-state index contributed by atoms with van der Waals surface area (Å²) >= 11 is 1.82. The fourth-order valence-electron chi connectivity index (χ4n) is 4.43. The number of likely N-dealkylation sites (tertiary alicyclic amines) is 1. The van der Waals surface area contributed by atoms with Crippen LogP contribution in [-0.2, 0) is 17.8 Å². The minimum Gasteiger partial charge on any atom is -0.390 e. The van der Waals surface area contributed by atoms with E-state index < -0.39 is 6.10 Å². The van der Waals surface area contributed by atoms with E-state index in [1.54, 1.807) is 13.0 Å². The van der Waals surface area contributed by atoms with E-state index in [1.807, 2.05) is 16.2 Å². The Balaban J connectivity index is 1.23. The fraction of sp³-hybridized carbons (Fsp3) is 0.565. The number of amides is 2. The predicted octanol–water partition coefficient (Wildman–Crippen LogP) is 1.42. The summed E-state index contributed by atoms with van der Waals surface area (Å²) in [6.45, 7) is 7.61. The van der Waals surface area contributed by atoms with Gasteiger partial charge >= 0.3 is 0 Å². The third-order valence-electron chi connectivity index (χ3n) is 6.39. The van der Waals surface area contributed by atoms with Gasteiger partial charge in [-0.25, -0.2) is 9.97 Å². The van der Waals surface area contributed by atoms with E-state index in [-0.39, 0.29) is 30.1 Å². The summed E-state index contributed by atoms with van der Waals surface area (Å²) in [6.07, 6.45) is 3.39. The van der Waals surface area contributed by atoms with Crippen molar-refractivity contribution in [2.45, 2.75) is 51.8 Å². The first-order valence-electron chi connectivity index (χ1n) is 11.5. The molecule has 0 bridgehead atoms. The Morgan fingerprint density at radius 1 is 1.27 bits per heavy atom. The number of carbonyl (C=O) groups excluding carboxylic acids is 2. The number of aliphatic hydroxyl groups is 1. The normalized spacial score (nSPS) is 18.0. The lowest BCUT2D eigenvalue weighted by Crippen LogP contribution is -2.42. The van der Waals surface area contributed by atoms with Crippen molar-refractivity contribution in [1.82, 2.24) is 25.1 Å². The van der Waals surface area contributed by atoms with Crippen molar-refractivity contribution in [1.29, 1.82) is 0 Å². The molecule has 0 spiro atoms. The van der Waals surface area contributed by atoms with Crippen molar-refractivity contribution >= 4 is 29.0 Å². The summed E-state index contributed by atoms with van der Waals surface area (Å²) in [7, 11) is 0. The molecule has 2 aliphatic heterocycles. The maximum absolute atomic E-state index is 12.6. The molecule has 1 unspecified atom stereocenters. The third kappa shape index (κ3) is 6.07. The van der Waals surface area contributed by atoms with E-state index in [4.69, 9.17) is 0 Å². The Morgan fingerprint density at radius 3 is 2.82 bits per heavy atom. The molecule has 1 atom stereocenters. The topological polar surface area (TPSA) is 111 Å². The van der Waals surface area contributed by atoms with Crippen LogP contribution in [0.25, 0.3) is 0 Å². The molecular weight excluding hydrogens is 440 g/mol. The van der Waals surface area contributed by atoms with Crippen molar-refractivity contribution < 1.29 is 14.7 Å². The van der Waals surface area contributed by atoms with Crippen molar-refractivity contribution in [3.63, 3.8) is 0 Å². The van der Waals surface area contributed by atoms with Crippen LogP contribution in [0.15, 0.2) is 17.8 Å². The van der Waals surface area contributed by atoms with Crippen LogP contribution >= 0.6 is 11.3 Å². The number of nitrogens with one attached hydrogen (secondary N) is 2. The summed E-state index contributed by atoms with van der Waals surface area (Å²) in [5.41, 5.74) is 2.97. The molecule has 178 valence electrons. The third-order valence-corrected chi connectivity index (χ3v) is 7.59. The number of fused-ring (bicyclic) bond motifs is 1. The molecule has 4 rings (SSSR count). The molecule has 0 radical (unpaired) electrons. The minimum atomic E-state index is -0.652. The number of piperidine rings is 1. The highest BCUT2D eigenvalue weighted by molar-refractivity contribution is 7.10. The van der Waals surface area contributed by atoms with E-state index in [0.717, 1.165) is 32.4 Å². The number of carbonyl (C=O) groups is 2. The molecule has 3 N–H and O–H groups in total. The lowest BCUT2D eigenvalue weighted by molar-refractivity contribution is -0.129. The zero-order valence-corrected chi connectivity index (χ0v) is 20.0. The number of aryl methyl sites for hydroxylation is 1. The van der Waals surface area contributed by atoms with E-state index in [9.17, 15) is 14.7 Å². The lowest BCUT2D eigenvalue weighted by atomic mass is 10.1. The Bertz CT molecular complexity index is 988. The first kappa shape index (κ1) is 23.6. The van der Waals surface area contributed by atoms with Gasteiger partial charge in [-0.05, 0) is 42.7 Å². The van der Waals surface area contributed by atoms with Gasteiger partial charge in [0.25, 0.3) is 5.91 Å². The van der Waals surface area contributed by atoms with Gasteiger partial charge in [-0.1, -0.05) is 0 Å². The maximum Gasteiger partial charge on any atom is 0.270 e. The van der Waals surface area contributed by atoms with Crippen molar-refractivity contribution in [2.24, 2.45) is 0 Å². The predicted molar refractivity (Wildman–Crippen MR) is 127 cm³/mol. The highest BCUT2D eigenvalue weighted by atomic mass is 32.1. The zero-order valence-electron chi connectivity index (χ0n) is 19.2. The lowest BCUT2D eigenvalue weighted by Gasteiger charge is -2.31. The summed E-state index contributed by atoms with van der Waals surface area (Å²) in [6, 6.07) is 1.83. The molecule has 0 aliphatic carbocycles. The average molecular weight is 473 g/mol. The Kier molecular flexibility index (Phi) is 7.56. The average Bonchev–Trinajstić information content (AvgIpc) is 3.18. The van der Waals surface area contributed by atoms with Gasteiger partial charge in [0.1, 0.15) is 17.8 Å². The zero-order chi connectivity index (χ0) is 23.4. The molecule has 2 amide bonds. The summed E-state index contributed by atoms with van der Waals surface area (Å²) in [5.74, 6) is 0.357. The van der Waals surface area contributed by atoms with E-state index >= 15 is 0 Å². The first-order chi connectivity index (χ1) is 15.9. The van der Waals surface area contributed by atoms with E-state index in [2.05, 4.69) is 37.8 Å². The van der Waals surface area contributed by atoms with Gasteiger partial charge < -0.3 is 20.6 Å². The maximum atomic E-state index is 12.6. The van der Waals surface area contributed by atoms with Gasteiger partial charge in [0.15, 0.2) is 0 Å². The number of β-amino-alcohol motifs (C(OH)–C–C–N with tert-alkyl or cyclic N) is 1. The number of aromatic nitrogens is 2. The van der Waals surface area contributed by atoms with E-state index in [0.29, 0.717) is 25.5 Å². The number of thiophene rings is 1. The summed E-state index contributed by atoms with van der Waals surface area (Å²) < 4.78 is 0. The van der Waals surface area contributed by atoms with Crippen molar-refractivity contribution in [3.05, 3.63) is 39.5 Å². The van der Waals surface area contributed by atoms with Crippen LogP contribution in [0.3, 0.4) is 0 Å². The molecule has 10 heteroatoms. The van der Waals surface area contributed by atoms with Crippen LogP contribution in [0.5, 0.6) is 0 Å². The second-order valence-electron chi connectivity index (χ2n) is 8.88. The summed E-state index contributed by atoms with van der Waals surface area (Å²) in [4.78, 5) is 37.9. The number of rotatable bonds is 7. The molecule has 9 nitrogen and oxygen atoms in total. The Hall–Kier alpha value is -2.56. The molecule has 0 aromatic carbocycles. The van der Waals surface area contributed by atoms with Crippen LogP contribution in [0.4, 0.5) is 5.82 Å². The van der Waals surface area contributed by atoms with Gasteiger partial charge in [-0.2, -0.15) is 0 Å². The van der Waals surface area contributed by atoms with Crippen LogP contribution in [0.2, 0.25) is 0 Å². The highest BCUT2D eigenvalue weighted by Crippen LogP contribution is 2.28. The van der Waals surface area contributed by atoms with Crippen LogP contribution in [-0.4, -0.2) is 81.6 Å². The highest BCUT2D eigenvalue weighted by Gasteiger charge is 2.23. The molecule has 33 heavy (non-hydrogen) atoms. The SMILES string of the molecule is CC(=O)N1CCC(Nc2cc(C(=O)NCC(O)CN3CCc4scc(C)c4C3)ncn2)CC1. The summed E-state index contributed by atoms with van der Waals surface area (Å²) in [5, 5.41) is 18.8. The van der Waals surface area contributed by atoms with Gasteiger partial charge in [-0.15, -0.1) is 11.3 Å². The molecule has 2 aromatic rings. The number of nitrogens with zero attached hydrogens (tertiary/aromatic N) is 4. The first-order valence-corrected chi connectivity index (χ1v) is 12.4. The second-order valence-corrected chi connectivity index (χ2v) is 9.85. The monoisotopic (exact) mass is 472 g/mol. The Labute approximate surface area is 198 Å². The van der Waals surface area contributed by atoms with Crippen molar-refractivity contribution in [2.75, 3.05) is 38.0 Å². The smallest absolute Gasteiger partial charge is 0.270 e. The van der Waals surface area contributed by atoms with Crippen LogP contribution < -0.4 is 10.6 Å². The quantitative estimate of drug-likeness (QED) is 0.559. The Morgan fingerprint density at radius 2 is 2.06 bits per heavy atom. The number of anilines is 1. The van der Waals surface area contributed by atoms with Gasteiger partial charge in [0.05, 0.1) is 6.10 Å². The molecule has 1 saturated heterocycles. The minimum absolute atomic E-state index is 0.100. The van der Waals surface area contributed by atoms with Crippen LogP contribution in [0, 0.1) is 6.92 Å². The molecular formula is C23H32N6O3S. The number of aliphatic hydroxyl groups excluding tert-OH is 1. The van der Waals surface area contributed by atoms with Gasteiger partial charge in [0.2, 0.25) is 5.91 Å². The van der Waals surface area contributed by atoms with E-state index in [1.165, 1.54) is 22.3 Å². The molecule has 1 fully saturated rings. The van der Waals surface area contributed by atoms with Gasteiger partial charge in [0, 0.05) is 63.2 Å². The molecule has 4 heterocycles. The molecule has 2 aliphatic rings. The standard InChI is InChI=1S/C23H32N6O3S/c1-15-13-33-21-5-6-28(12-19(15)21)11-18(31)10-24-23(32)20-9-22(26-14-25-20)27-17-3-7-29(8-4-17)16(2)30/h9,13-14,17-18,31H,3-8,10-12H2,1-2H3,(H,24,32)(H,25,26,27). The van der Waals surface area contributed by atoms with Crippen LogP contribution in [0.1, 0.15) is 46.3 Å². The van der Waals surface area contributed by atoms with Gasteiger partial charge in [-0.3, -0.25) is 14.5 Å². The van der Waals surface area contributed by atoms with Crippen molar-refractivity contribution in [3.8, 4) is 0 Å².